The molecule has 218 valence electrons. The summed E-state index contributed by atoms with van der Waals surface area (Å²) in [5, 5.41) is 3.72. The molecular weight excluding hydrogens is 498 g/mol. The van der Waals surface area contributed by atoms with E-state index in [1.807, 2.05) is 0 Å². The highest BCUT2D eigenvalue weighted by molar-refractivity contribution is 5.67. The number of hydrogen-bond acceptors (Lipinski definition) is 7. The van der Waals surface area contributed by atoms with Crippen molar-refractivity contribution in [1.29, 1.82) is 0 Å². The van der Waals surface area contributed by atoms with Crippen LogP contribution in [0.5, 0.6) is 0 Å². The average Bonchev–Trinajstić information content (AvgIpc) is 3.20. The van der Waals surface area contributed by atoms with Crippen LogP contribution in [-0.4, -0.2) is 42.8 Å². The number of fused-ring (bicyclic) bond motifs is 5. The molecule has 4 aliphatic rings. The highest BCUT2D eigenvalue weighted by Gasteiger charge is 2.67. The lowest BCUT2D eigenvalue weighted by Crippen LogP contribution is -2.63. The Balaban J connectivity index is 1.68. The highest BCUT2D eigenvalue weighted by Crippen LogP contribution is 2.69. The first-order valence-corrected chi connectivity index (χ1v) is 14.9. The van der Waals surface area contributed by atoms with Gasteiger partial charge in [0.05, 0.1) is 0 Å². The van der Waals surface area contributed by atoms with E-state index in [0.29, 0.717) is 18.4 Å². The smallest absolute Gasteiger partial charge is 0.302 e. The summed E-state index contributed by atoms with van der Waals surface area (Å²) in [6.07, 6.45) is 7.48. The van der Waals surface area contributed by atoms with Gasteiger partial charge in [-0.25, -0.2) is 0 Å². The highest BCUT2D eigenvalue weighted by atomic mass is 16.6. The maximum Gasteiger partial charge on any atom is 0.302 e. The molecule has 9 heteroatoms. The van der Waals surface area contributed by atoms with E-state index in [-0.39, 0.29) is 70.7 Å². The van der Waals surface area contributed by atoms with Crippen LogP contribution in [0.1, 0.15) is 99.3 Å². The maximum atomic E-state index is 12.5. The van der Waals surface area contributed by atoms with E-state index in [1.54, 1.807) is 0 Å². The van der Waals surface area contributed by atoms with E-state index in [1.165, 1.54) is 20.8 Å². The summed E-state index contributed by atoms with van der Waals surface area (Å²) in [7, 11) is 0. The largest absolute Gasteiger partial charge is 0.463 e. The van der Waals surface area contributed by atoms with Gasteiger partial charge < -0.3 is 14.2 Å². The molecule has 0 amide bonds. The average molecular weight is 546 g/mol. The standard InChI is InChI=1S/C30H47N3O6/c1-17(8-7-13-32-33-31)23-9-10-24-28-25(16-27(30(23,24)6)39-20(4)36)29(5)12-11-22(37-18(2)34)14-21(29)15-26(28)38-19(3)35/h17,21-28H,7-16H2,1-6H3/t17-,21+,22-,23-,24+,25+,26-,27+,28+,29+,30-/m1/s1. The quantitative estimate of drug-likeness (QED) is 0.0868. The molecule has 0 spiro atoms. The number of carbonyl (C=O) groups excluding carboxylic acids is 3. The normalized spacial score (nSPS) is 41.6. The first-order valence-electron chi connectivity index (χ1n) is 14.9. The van der Waals surface area contributed by atoms with Gasteiger partial charge in [-0.2, -0.15) is 0 Å². The van der Waals surface area contributed by atoms with E-state index in [2.05, 4.69) is 30.8 Å². The van der Waals surface area contributed by atoms with Gasteiger partial charge in [0.25, 0.3) is 0 Å². The molecular formula is C30H47N3O6. The van der Waals surface area contributed by atoms with Crippen molar-refractivity contribution in [2.45, 2.75) is 118 Å². The fraction of sp³-hybridized carbons (Fsp3) is 0.900. The third-order valence-corrected chi connectivity index (χ3v) is 11.4. The second-order valence-electron chi connectivity index (χ2n) is 13.3. The molecule has 0 heterocycles. The number of hydrogen-bond donors (Lipinski definition) is 0. The second-order valence-corrected chi connectivity index (χ2v) is 13.3. The first kappa shape index (κ1) is 29.7. The Kier molecular flexibility index (Phi) is 8.89. The summed E-state index contributed by atoms with van der Waals surface area (Å²) in [5.74, 6) is 1.01. The van der Waals surface area contributed by atoms with E-state index >= 15 is 0 Å². The van der Waals surface area contributed by atoms with Gasteiger partial charge in [0.1, 0.15) is 18.3 Å². The van der Waals surface area contributed by atoms with Gasteiger partial charge >= 0.3 is 17.9 Å². The second kappa shape index (κ2) is 11.7. The van der Waals surface area contributed by atoms with E-state index in [4.69, 9.17) is 19.7 Å². The van der Waals surface area contributed by atoms with Gasteiger partial charge in [-0.15, -0.1) is 0 Å². The van der Waals surface area contributed by atoms with Crippen LogP contribution in [0.15, 0.2) is 5.11 Å². The molecule has 0 N–H and O–H groups in total. The molecule has 0 saturated heterocycles. The van der Waals surface area contributed by atoms with Crippen LogP contribution in [-0.2, 0) is 28.6 Å². The number of ether oxygens (including phenoxy) is 3. The monoisotopic (exact) mass is 545 g/mol. The van der Waals surface area contributed by atoms with Crippen molar-refractivity contribution in [3.63, 3.8) is 0 Å². The predicted molar refractivity (Wildman–Crippen MR) is 145 cm³/mol. The number of rotatable bonds is 8. The summed E-state index contributed by atoms with van der Waals surface area (Å²) >= 11 is 0. The Morgan fingerprint density at radius 3 is 2.28 bits per heavy atom. The lowest BCUT2D eigenvalue weighted by atomic mass is 9.43. The molecule has 0 aromatic rings. The van der Waals surface area contributed by atoms with Gasteiger partial charge in [0, 0.05) is 43.6 Å². The molecule has 0 aliphatic heterocycles. The summed E-state index contributed by atoms with van der Waals surface area (Å²) in [5.41, 5.74) is 8.44. The number of esters is 3. The molecule has 0 aromatic heterocycles. The topological polar surface area (TPSA) is 128 Å². The van der Waals surface area contributed by atoms with Crippen molar-refractivity contribution < 1.29 is 28.6 Å². The lowest BCUT2D eigenvalue weighted by molar-refractivity contribution is -0.224. The third-order valence-electron chi connectivity index (χ3n) is 11.4. The molecule has 39 heavy (non-hydrogen) atoms. The van der Waals surface area contributed by atoms with E-state index in [0.717, 1.165) is 57.8 Å². The molecule has 9 nitrogen and oxygen atoms in total. The molecule has 4 aliphatic carbocycles. The maximum absolute atomic E-state index is 12.5. The first-order chi connectivity index (χ1) is 18.4. The fourth-order valence-corrected chi connectivity index (χ4v) is 9.85. The minimum absolute atomic E-state index is 0.00328. The summed E-state index contributed by atoms with van der Waals surface area (Å²) in [6, 6.07) is 0. The Morgan fingerprint density at radius 1 is 0.949 bits per heavy atom. The summed E-state index contributed by atoms with van der Waals surface area (Å²) in [6.45, 7) is 11.9. The molecule has 0 bridgehead atoms. The molecule has 4 rings (SSSR count). The molecule has 0 unspecified atom stereocenters. The van der Waals surface area contributed by atoms with Crippen LogP contribution in [0.2, 0.25) is 0 Å². The van der Waals surface area contributed by atoms with Crippen LogP contribution < -0.4 is 0 Å². The van der Waals surface area contributed by atoms with Crippen LogP contribution in [0.25, 0.3) is 10.4 Å². The van der Waals surface area contributed by atoms with Gasteiger partial charge in [-0.3, -0.25) is 14.4 Å². The van der Waals surface area contributed by atoms with Crippen LogP contribution in [0, 0.1) is 46.3 Å². The molecule has 0 aromatic carbocycles. The van der Waals surface area contributed by atoms with Crippen molar-refractivity contribution in [3.8, 4) is 0 Å². The van der Waals surface area contributed by atoms with Crippen molar-refractivity contribution >= 4 is 17.9 Å². The lowest BCUT2D eigenvalue weighted by Gasteiger charge is -2.64. The zero-order chi connectivity index (χ0) is 28.5. The SMILES string of the molecule is CC(=O)O[C@@H]1CC[C@@]2(C)[C@@H](C1)C[C@@H](OC(C)=O)[C@@H]1[C@@H]2C[C@H](OC(C)=O)[C@]2(C)[C@@H]([C@H](C)CCCN=[N+]=[N-])CC[C@@H]12. The van der Waals surface area contributed by atoms with Gasteiger partial charge in [-0.05, 0) is 91.9 Å². The Labute approximate surface area is 232 Å². The zero-order valence-electron chi connectivity index (χ0n) is 24.6. The van der Waals surface area contributed by atoms with Crippen LogP contribution in [0.4, 0.5) is 0 Å². The van der Waals surface area contributed by atoms with E-state index < -0.39 is 0 Å². The molecule has 4 fully saturated rings. The van der Waals surface area contributed by atoms with Crippen molar-refractivity contribution in [3.05, 3.63) is 10.4 Å². The van der Waals surface area contributed by atoms with Crippen LogP contribution >= 0.6 is 0 Å². The molecule has 4 saturated carbocycles. The third kappa shape index (κ3) is 5.66. The number of carbonyl (C=O) groups is 3. The molecule has 11 atom stereocenters. The van der Waals surface area contributed by atoms with Crippen molar-refractivity contribution in [1.82, 2.24) is 0 Å². The zero-order valence-corrected chi connectivity index (χ0v) is 24.6. The fourth-order valence-electron chi connectivity index (χ4n) is 9.85. The Hall–Kier alpha value is -2.28. The van der Waals surface area contributed by atoms with E-state index in [9.17, 15) is 14.4 Å². The van der Waals surface area contributed by atoms with Gasteiger partial charge in [0.15, 0.2) is 0 Å². The van der Waals surface area contributed by atoms with Crippen molar-refractivity contribution in [2.75, 3.05) is 6.54 Å². The van der Waals surface area contributed by atoms with Crippen LogP contribution in [0.3, 0.4) is 0 Å². The van der Waals surface area contributed by atoms with Gasteiger partial charge in [-0.1, -0.05) is 32.3 Å². The minimum Gasteiger partial charge on any atom is -0.463 e. The minimum atomic E-state index is -0.250. The summed E-state index contributed by atoms with van der Waals surface area (Å²) in [4.78, 5) is 39.4. The summed E-state index contributed by atoms with van der Waals surface area (Å²) < 4.78 is 18.0. The molecule has 0 radical (unpaired) electrons. The Bertz CT molecular complexity index is 997. The number of nitrogens with zero attached hydrogens (tertiary/aromatic N) is 3. The van der Waals surface area contributed by atoms with Gasteiger partial charge in [0.2, 0.25) is 0 Å². The Morgan fingerprint density at radius 2 is 1.64 bits per heavy atom. The van der Waals surface area contributed by atoms with Crippen molar-refractivity contribution in [2.24, 2.45) is 51.5 Å². The predicted octanol–water partition coefficient (Wildman–Crippen LogP) is 6.39. The number of azide groups is 1.